The quantitative estimate of drug-likeness (QED) is 0.818. The Balaban J connectivity index is 2.61. The van der Waals surface area contributed by atoms with Crippen LogP contribution in [0.2, 0.25) is 5.02 Å². The second kappa shape index (κ2) is 4.93. The summed E-state index contributed by atoms with van der Waals surface area (Å²) in [4.78, 5) is 8.59. The summed E-state index contributed by atoms with van der Waals surface area (Å²) < 4.78 is 0. The number of hydrogen-bond donors (Lipinski definition) is 2. The summed E-state index contributed by atoms with van der Waals surface area (Å²) in [6, 6.07) is 5.36. The standard InChI is InChI=1S/C12H11ClN4/c1-15-7-8(6-14)10-2-3-11-12(17-10)9(13)4-5-16-11/h2-7,14-15H,1H3/b8-7+,14-6?. The molecule has 2 N–H and O–H groups in total. The largest absolute Gasteiger partial charge is 0.393 e. The lowest BCUT2D eigenvalue weighted by atomic mass is 10.2. The van der Waals surface area contributed by atoms with Gasteiger partial charge in [-0.25, -0.2) is 4.98 Å². The van der Waals surface area contributed by atoms with Crippen LogP contribution in [0, 0.1) is 5.41 Å². The zero-order valence-corrected chi connectivity index (χ0v) is 9.99. The number of hydrogen-bond acceptors (Lipinski definition) is 4. The molecule has 2 aromatic rings. The van der Waals surface area contributed by atoms with Crippen molar-refractivity contribution in [2.75, 3.05) is 7.05 Å². The topological polar surface area (TPSA) is 61.7 Å². The normalized spacial score (nSPS) is 11.5. The molecule has 0 aliphatic heterocycles. The van der Waals surface area contributed by atoms with Crippen LogP contribution in [-0.4, -0.2) is 23.2 Å². The fourth-order valence-electron chi connectivity index (χ4n) is 1.50. The van der Waals surface area contributed by atoms with Crippen LogP contribution >= 0.6 is 11.6 Å². The minimum atomic E-state index is 0.561. The van der Waals surface area contributed by atoms with Gasteiger partial charge < -0.3 is 10.7 Å². The van der Waals surface area contributed by atoms with Crippen molar-refractivity contribution in [1.29, 1.82) is 5.41 Å². The zero-order chi connectivity index (χ0) is 12.3. The SMILES string of the molecule is CN/C=C(\C=N)c1ccc2nccc(Cl)c2n1. The molecule has 0 aliphatic rings. The molecule has 0 saturated carbocycles. The van der Waals surface area contributed by atoms with E-state index in [0.29, 0.717) is 21.8 Å². The summed E-state index contributed by atoms with van der Waals surface area (Å²) in [6.07, 6.45) is 4.60. The van der Waals surface area contributed by atoms with Crippen LogP contribution in [0.4, 0.5) is 0 Å². The number of nitrogens with zero attached hydrogens (tertiary/aromatic N) is 2. The molecule has 4 nitrogen and oxygen atoms in total. The van der Waals surface area contributed by atoms with E-state index in [0.717, 1.165) is 5.52 Å². The molecule has 0 radical (unpaired) electrons. The van der Waals surface area contributed by atoms with Gasteiger partial charge in [-0.15, -0.1) is 0 Å². The molecule has 0 aromatic carbocycles. The number of allylic oxidation sites excluding steroid dienone is 1. The van der Waals surface area contributed by atoms with E-state index in [1.54, 1.807) is 25.5 Å². The van der Waals surface area contributed by atoms with Crippen molar-refractivity contribution in [3.63, 3.8) is 0 Å². The Morgan fingerprint density at radius 1 is 1.41 bits per heavy atom. The number of rotatable bonds is 3. The Morgan fingerprint density at radius 3 is 2.94 bits per heavy atom. The van der Waals surface area contributed by atoms with Gasteiger partial charge in [0.15, 0.2) is 0 Å². The molecule has 0 atom stereocenters. The van der Waals surface area contributed by atoms with Crippen molar-refractivity contribution in [2.45, 2.75) is 0 Å². The summed E-state index contributed by atoms with van der Waals surface area (Å²) in [6.45, 7) is 0. The van der Waals surface area contributed by atoms with E-state index >= 15 is 0 Å². The smallest absolute Gasteiger partial charge is 0.108 e. The van der Waals surface area contributed by atoms with E-state index in [9.17, 15) is 0 Å². The van der Waals surface area contributed by atoms with E-state index in [-0.39, 0.29) is 0 Å². The molecule has 0 spiro atoms. The number of nitrogens with one attached hydrogen (secondary N) is 2. The minimum absolute atomic E-state index is 0.561. The molecule has 2 rings (SSSR count). The van der Waals surface area contributed by atoms with Crippen molar-refractivity contribution >= 4 is 34.4 Å². The molecular formula is C12H11ClN4. The molecule has 5 heteroatoms. The van der Waals surface area contributed by atoms with Gasteiger partial charge in [0.25, 0.3) is 0 Å². The Morgan fingerprint density at radius 2 is 2.24 bits per heavy atom. The van der Waals surface area contributed by atoms with Crippen molar-refractivity contribution in [3.05, 3.63) is 41.3 Å². The maximum Gasteiger partial charge on any atom is 0.108 e. The Labute approximate surface area is 104 Å². The average Bonchev–Trinajstić information content (AvgIpc) is 2.36. The summed E-state index contributed by atoms with van der Waals surface area (Å²) >= 11 is 6.06. The Hall–Kier alpha value is -1.94. The van der Waals surface area contributed by atoms with Crippen LogP contribution in [0.1, 0.15) is 5.69 Å². The predicted molar refractivity (Wildman–Crippen MR) is 70.4 cm³/mol. The van der Waals surface area contributed by atoms with Gasteiger partial charge in [-0.2, -0.15) is 0 Å². The highest BCUT2D eigenvalue weighted by atomic mass is 35.5. The summed E-state index contributed by atoms with van der Waals surface area (Å²) in [5, 5.41) is 10.8. The number of aromatic nitrogens is 2. The van der Waals surface area contributed by atoms with Crippen molar-refractivity contribution in [2.24, 2.45) is 0 Å². The van der Waals surface area contributed by atoms with Crippen molar-refractivity contribution < 1.29 is 0 Å². The van der Waals surface area contributed by atoms with Gasteiger partial charge in [0, 0.05) is 31.2 Å². The monoisotopic (exact) mass is 246 g/mol. The molecule has 0 unspecified atom stereocenters. The van der Waals surface area contributed by atoms with Gasteiger partial charge in [0.05, 0.1) is 16.2 Å². The van der Waals surface area contributed by atoms with E-state index < -0.39 is 0 Å². The highest BCUT2D eigenvalue weighted by Crippen LogP contribution is 2.21. The molecule has 0 amide bonds. The number of pyridine rings is 2. The van der Waals surface area contributed by atoms with Gasteiger partial charge in [-0.05, 0) is 18.2 Å². The van der Waals surface area contributed by atoms with Gasteiger partial charge in [0.2, 0.25) is 0 Å². The maximum absolute atomic E-state index is 7.34. The zero-order valence-electron chi connectivity index (χ0n) is 9.24. The first-order chi connectivity index (χ1) is 8.26. The van der Waals surface area contributed by atoms with E-state index in [1.165, 1.54) is 6.21 Å². The van der Waals surface area contributed by atoms with Crippen molar-refractivity contribution in [3.8, 4) is 0 Å². The van der Waals surface area contributed by atoms with Crippen LogP contribution in [0.5, 0.6) is 0 Å². The van der Waals surface area contributed by atoms with Gasteiger partial charge in [-0.3, -0.25) is 4.98 Å². The van der Waals surface area contributed by atoms with Crippen LogP contribution in [0.15, 0.2) is 30.6 Å². The molecule has 0 aliphatic carbocycles. The van der Waals surface area contributed by atoms with Crippen LogP contribution in [0.25, 0.3) is 16.6 Å². The first-order valence-corrected chi connectivity index (χ1v) is 5.43. The van der Waals surface area contributed by atoms with Gasteiger partial charge in [0.1, 0.15) is 5.52 Å². The molecule has 86 valence electrons. The number of halogens is 1. The van der Waals surface area contributed by atoms with Crippen molar-refractivity contribution in [1.82, 2.24) is 15.3 Å². The number of fused-ring (bicyclic) bond motifs is 1. The van der Waals surface area contributed by atoms with Gasteiger partial charge in [-0.1, -0.05) is 11.6 Å². The third kappa shape index (κ3) is 2.26. The van der Waals surface area contributed by atoms with Gasteiger partial charge >= 0.3 is 0 Å². The predicted octanol–water partition coefficient (Wildman–Crippen LogP) is 2.49. The Bertz CT molecular complexity index is 592. The van der Waals surface area contributed by atoms with Crippen LogP contribution < -0.4 is 5.32 Å². The first-order valence-electron chi connectivity index (χ1n) is 5.06. The molecule has 0 bridgehead atoms. The fourth-order valence-corrected chi connectivity index (χ4v) is 1.69. The molecule has 0 fully saturated rings. The second-order valence-corrected chi connectivity index (χ2v) is 3.80. The lowest BCUT2D eigenvalue weighted by Crippen LogP contribution is -1.99. The maximum atomic E-state index is 7.34. The summed E-state index contributed by atoms with van der Waals surface area (Å²) in [5.74, 6) is 0. The summed E-state index contributed by atoms with van der Waals surface area (Å²) in [7, 11) is 1.78. The Kier molecular flexibility index (Phi) is 3.35. The fraction of sp³-hybridized carbons (Fsp3) is 0.0833. The highest BCUT2D eigenvalue weighted by molar-refractivity contribution is 6.34. The molecule has 17 heavy (non-hydrogen) atoms. The minimum Gasteiger partial charge on any atom is -0.393 e. The third-order valence-electron chi connectivity index (χ3n) is 2.29. The molecule has 0 saturated heterocycles. The lowest BCUT2D eigenvalue weighted by molar-refractivity contribution is 1.11. The molecule has 2 aromatic heterocycles. The van der Waals surface area contributed by atoms with E-state index in [4.69, 9.17) is 17.0 Å². The van der Waals surface area contributed by atoms with Crippen LogP contribution in [0.3, 0.4) is 0 Å². The van der Waals surface area contributed by atoms with E-state index in [2.05, 4.69) is 15.3 Å². The van der Waals surface area contributed by atoms with Crippen LogP contribution in [-0.2, 0) is 0 Å². The average molecular weight is 247 g/mol. The lowest BCUT2D eigenvalue weighted by Gasteiger charge is -2.04. The van der Waals surface area contributed by atoms with E-state index in [1.807, 2.05) is 12.1 Å². The first kappa shape index (κ1) is 11.5. The third-order valence-corrected chi connectivity index (χ3v) is 2.59. The molecule has 2 heterocycles. The summed E-state index contributed by atoms with van der Waals surface area (Å²) in [5.41, 5.74) is 2.77. The highest BCUT2D eigenvalue weighted by Gasteiger charge is 2.05. The second-order valence-electron chi connectivity index (χ2n) is 3.39. The molecular weight excluding hydrogens is 236 g/mol.